The molecule has 1 aromatic carbocycles. The highest BCUT2D eigenvalue weighted by Crippen LogP contribution is 2.28. The predicted molar refractivity (Wildman–Crippen MR) is 52.8 cm³/mol. The molecule has 0 N–H and O–H groups in total. The number of benzene rings is 1. The van der Waals surface area contributed by atoms with Crippen LogP contribution in [-0.4, -0.2) is 22.8 Å². The van der Waals surface area contributed by atoms with Gasteiger partial charge in [0.2, 0.25) is 6.29 Å². The van der Waals surface area contributed by atoms with Crippen LogP contribution in [0.2, 0.25) is 0 Å². The average molecular weight is 206 g/mol. The van der Waals surface area contributed by atoms with Crippen LogP contribution in [0, 0.1) is 0 Å². The van der Waals surface area contributed by atoms with Crippen LogP contribution in [0.4, 0.5) is 0 Å². The normalized spacial score (nSPS) is 13.6. The van der Waals surface area contributed by atoms with Crippen LogP contribution in [0.1, 0.15) is 5.56 Å². The Morgan fingerprint density at radius 1 is 1.43 bits per heavy atom. The average Bonchev–Trinajstić information content (AvgIpc) is 2.27. The second-order valence-electron chi connectivity index (χ2n) is 2.60. The smallest absolute Gasteiger partial charge is 0.292 e. The van der Waals surface area contributed by atoms with Crippen LogP contribution in [0.25, 0.3) is 0 Å². The lowest BCUT2D eigenvalue weighted by molar-refractivity contribution is -0.135. The van der Waals surface area contributed by atoms with E-state index in [9.17, 15) is 9.59 Å². The van der Waals surface area contributed by atoms with Gasteiger partial charge in [-0.15, -0.1) is 0 Å². The Hall–Kier alpha value is -1.62. The zero-order chi connectivity index (χ0) is 9.97. The van der Waals surface area contributed by atoms with Crippen molar-refractivity contribution in [2.75, 3.05) is 0 Å². The summed E-state index contributed by atoms with van der Waals surface area (Å²) in [4.78, 5) is 22.2. The monoisotopic (exact) mass is 206 g/mol. The molecule has 0 fully saturated rings. The first-order valence-corrected chi connectivity index (χ1v) is 4.69. The fourth-order valence-corrected chi connectivity index (χ4v) is 1.83. The van der Waals surface area contributed by atoms with Crippen molar-refractivity contribution in [2.45, 2.75) is 4.90 Å². The molecule has 0 radical (unpaired) electrons. The van der Waals surface area contributed by atoms with E-state index in [-0.39, 0.29) is 6.29 Å². The van der Waals surface area contributed by atoms with Gasteiger partial charge in [-0.25, -0.2) is 0 Å². The number of hydrogen-bond donors (Lipinski definition) is 0. The molecule has 1 heterocycles. The van der Waals surface area contributed by atoms with Crippen molar-refractivity contribution in [1.29, 1.82) is 0 Å². The number of hydrogen-bond acceptors (Lipinski definition) is 4. The first-order valence-electron chi connectivity index (χ1n) is 3.91. The number of hydrazone groups is 1. The number of nitrogens with zero attached hydrogens (tertiary/aromatic N) is 2. The molecule has 0 saturated heterocycles. The lowest BCUT2D eigenvalue weighted by atomic mass is 10.2. The second-order valence-corrected chi connectivity index (χ2v) is 3.57. The SMILES string of the molecule is O=CC(=O)N1N=Cc2ccccc2S1. The van der Waals surface area contributed by atoms with Crippen LogP contribution in [0.5, 0.6) is 0 Å². The molecule has 1 aliphatic heterocycles. The van der Waals surface area contributed by atoms with Gasteiger partial charge in [0.1, 0.15) is 0 Å². The van der Waals surface area contributed by atoms with Crippen molar-refractivity contribution in [3.05, 3.63) is 29.8 Å². The molecule has 0 saturated carbocycles. The molecule has 4 nitrogen and oxygen atoms in total. The zero-order valence-electron chi connectivity index (χ0n) is 7.08. The van der Waals surface area contributed by atoms with Crippen molar-refractivity contribution in [3.8, 4) is 0 Å². The third kappa shape index (κ3) is 1.54. The van der Waals surface area contributed by atoms with E-state index in [2.05, 4.69) is 5.10 Å². The lowest BCUT2D eigenvalue weighted by Gasteiger charge is -2.17. The van der Waals surface area contributed by atoms with Gasteiger partial charge in [-0.1, -0.05) is 18.2 Å². The molecule has 0 aliphatic carbocycles. The summed E-state index contributed by atoms with van der Waals surface area (Å²) in [5, 5.41) is 3.83. The number of aldehydes is 1. The summed E-state index contributed by atoms with van der Waals surface area (Å²) >= 11 is 1.14. The van der Waals surface area contributed by atoms with Crippen molar-refractivity contribution in [3.63, 3.8) is 0 Å². The van der Waals surface area contributed by atoms with Crippen LogP contribution >= 0.6 is 11.9 Å². The molecular weight excluding hydrogens is 200 g/mol. The Morgan fingerprint density at radius 3 is 3.00 bits per heavy atom. The fraction of sp³-hybridized carbons (Fsp3) is 0. The molecule has 0 unspecified atom stereocenters. The molecular formula is C9H6N2O2S. The van der Waals surface area contributed by atoms with Gasteiger partial charge in [0, 0.05) is 22.4 Å². The Bertz CT molecular complexity index is 417. The van der Waals surface area contributed by atoms with Crippen LogP contribution in [0.15, 0.2) is 34.3 Å². The first-order chi connectivity index (χ1) is 6.81. The number of amides is 1. The van der Waals surface area contributed by atoms with Gasteiger partial charge in [-0.05, 0) is 6.07 Å². The highest BCUT2D eigenvalue weighted by Gasteiger charge is 2.17. The van der Waals surface area contributed by atoms with E-state index in [0.717, 1.165) is 26.8 Å². The highest BCUT2D eigenvalue weighted by molar-refractivity contribution is 7.97. The van der Waals surface area contributed by atoms with E-state index in [4.69, 9.17) is 0 Å². The van der Waals surface area contributed by atoms with Crippen LogP contribution < -0.4 is 0 Å². The molecule has 0 bridgehead atoms. The Morgan fingerprint density at radius 2 is 2.21 bits per heavy atom. The minimum atomic E-state index is -0.652. The van der Waals surface area contributed by atoms with Crippen LogP contribution in [-0.2, 0) is 9.59 Å². The summed E-state index contributed by atoms with van der Waals surface area (Å²) in [6, 6.07) is 7.53. The van der Waals surface area contributed by atoms with Gasteiger partial charge in [-0.3, -0.25) is 9.59 Å². The van der Waals surface area contributed by atoms with Crippen molar-refractivity contribution in [1.82, 2.24) is 4.41 Å². The number of carbonyl (C=O) groups excluding carboxylic acids is 2. The van der Waals surface area contributed by atoms with Crippen molar-refractivity contribution >= 4 is 30.4 Å². The van der Waals surface area contributed by atoms with E-state index in [1.54, 1.807) is 6.21 Å². The molecule has 14 heavy (non-hydrogen) atoms. The maximum Gasteiger partial charge on any atom is 0.317 e. The Labute approximate surface area is 84.7 Å². The third-order valence-corrected chi connectivity index (χ3v) is 2.71. The maximum atomic E-state index is 11.0. The van der Waals surface area contributed by atoms with E-state index in [1.807, 2.05) is 24.3 Å². The number of fused-ring (bicyclic) bond motifs is 1. The number of carbonyl (C=O) groups is 2. The van der Waals surface area contributed by atoms with Gasteiger partial charge < -0.3 is 0 Å². The zero-order valence-corrected chi connectivity index (χ0v) is 7.90. The minimum Gasteiger partial charge on any atom is -0.292 e. The summed E-state index contributed by atoms with van der Waals surface area (Å²) in [5.74, 6) is -0.652. The summed E-state index contributed by atoms with van der Waals surface area (Å²) in [7, 11) is 0. The van der Waals surface area contributed by atoms with E-state index in [0.29, 0.717) is 0 Å². The van der Waals surface area contributed by atoms with Crippen molar-refractivity contribution in [2.24, 2.45) is 5.10 Å². The molecule has 70 valence electrons. The summed E-state index contributed by atoms with van der Waals surface area (Å²) in [5.41, 5.74) is 0.951. The summed E-state index contributed by atoms with van der Waals surface area (Å²) < 4.78 is 1.06. The molecule has 1 aromatic rings. The molecule has 0 atom stereocenters. The highest BCUT2D eigenvalue weighted by atomic mass is 32.2. The Kier molecular flexibility index (Phi) is 2.32. The van der Waals surface area contributed by atoms with E-state index < -0.39 is 5.91 Å². The minimum absolute atomic E-state index is 0.248. The Balaban J connectivity index is 2.29. The topological polar surface area (TPSA) is 49.7 Å². The van der Waals surface area contributed by atoms with Gasteiger partial charge in [0.05, 0.1) is 6.21 Å². The van der Waals surface area contributed by atoms with Crippen molar-refractivity contribution < 1.29 is 9.59 Å². The van der Waals surface area contributed by atoms with Gasteiger partial charge in [-0.2, -0.15) is 9.52 Å². The second kappa shape index (κ2) is 3.63. The van der Waals surface area contributed by atoms with E-state index >= 15 is 0 Å². The van der Waals surface area contributed by atoms with E-state index in [1.165, 1.54) is 0 Å². The predicted octanol–water partition coefficient (Wildman–Crippen LogP) is 1.07. The largest absolute Gasteiger partial charge is 0.317 e. The summed E-state index contributed by atoms with van der Waals surface area (Å²) in [6.07, 6.45) is 1.81. The molecule has 1 aliphatic rings. The lowest BCUT2D eigenvalue weighted by Crippen LogP contribution is -2.22. The number of rotatable bonds is 1. The molecule has 2 rings (SSSR count). The first kappa shape index (κ1) is 8.96. The molecule has 0 aromatic heterocycles. The summed E-state index contributed by atoms with van der Waals surface area (Å²) in [6.45, 7) is 0. The molecule has 1 amide bonds. The van der Waals surface area contributed by atoms with Gasteiger partial charge in [0.15, 0.2) is 0 Å². The molecule has 5 heteroatoms. The van der Waals surface area contributed by atoms with Gasteiger partial charge >= 0.3 is 5.91 Å². The standard InChI is InChI=1S/C9H6N2O2S/c12-6-9(13)11-10-5-7-3-1-2-4-8(7)14-11/h1-6H. The fourth-order valence-electron chi connectivity index (χ4n) is 1.05. The third-order valence-electron chi connectivity index (χ3n) is 1.69. The molecule has 0 spiro atoms. The van der Waals surface area contributed by atoms with Gasteiger partial charge in [0.25, 0.3) is 0 Å². The maximum absolute atomic E-state index is 11.0. The quantitative estimate of drug-likeness (QED) is 0.392. The van der Waals surface area contributed by atoms with Crippen LogP contribution in [0.3, 0.4) is 0 Å².